The Labute approximate surface area is 149 Å². The Bertz CT molecular complexity index is 638. The largest absolute Gasteiger partial charge is 0.388 e. The molecule has 1 aliphatic rings. The van der Waals surface area contributed by atoms with E-state index in [1.54, 1.807) is 0 Å². The summed E-state index contributed by atoms with van der Waals surface area (Å²) in [5.41, 5.74) is 8.76. The SMILES string of the molecule is C=C(C#C[Si](C(C)C)(C(C)C)C(C)C)[C@H]1Cc2ccccc2[C@H]1O. The summed E-state index contributed by atoms with van der Waals surface area (Å²) in [5.74, 6) is 3.47. The third-order valence-corrected chi connectivity index (χ3v) is 12.2. The molecule has 0 saturated carbocycles. The Balaban J connectivity index is 2.29. The van der Waals surface area contributed by atoms with Gasteiger partial charge in [-0.3, -0.25) is 0 Å². The molecule has 0 spiro atoms. The van der Waals surface area contributed by atoms with Crippen molar-refractivity contribution in [1.82, 2.24) is 0 Å². The molecule has 1 nitrogen and oxygen atoms in total. The van der Waals surface area contributed by atoms with Gasteiger partial charge in [-0.05, 0) is 34.2 Å². The fraction of sp³-hybridized carbons (Fsp3) is 0.545. The Hall–Kier alpha value is -1.30. The van der Waals surface area contributed by atoms with Crippen molar-refractivity contribution in [2.24, 2.45) is 5.92 Å². The second-order valence-corrected chi connectivity index (χ2v) is 13.7. The molecule has 0 radical (unpaired) electrons. The zero-order valence-electron chi connectivity index (χ0n) is 16.1. The molecule has 2 heteroatoms. The summed E-state index contributed by atoms with van der Waals surface area (Å²) in [4.78, 5) is 0. The van der Waals surface area contributed by atoms with Crippen molar-refractivity contribution in [3.05, 3.63) is 47.5 Å². The lowest BCUT2D eigenvalue weighted by Gasteiger charge is -2.38. The van der Waals surface area contributed by atoms with Crippen LogP contribution in [-0.2, 0) is 6.42 Å². The smallest absolute Gasteiger partial charge is 0.146 e. The molecule has 0 bridgehead atoms. The highest BCUT2D eigenvalue weighted by Gasteiger charge is 2.42. The van der Waals surface area contributed by atoms with Crippen LogP contribution in [0.2, 0.25) is 16.6 Å². The average molecular weight is 341 g/mol. The summed E-state index contributed by atoms with van der Waals surface area (Å²) in [6.45, 7) is 18.2. The molecule has 1 N–H and O–H groups in total. The normalized spacial score (nSPS) is 20.2. The molecular formula is C22H32OSi. The van der Waals surface area contributed by atoms with Crippen molar-refractivity contribution in [1.29, 1.82) is 0 Å². The van der Waals surface area contributed by atoms with E-state index >= 15 is 0 Å². The van der Waals surface area contributed by atoms with Gasteiger partial charge < -0.3 is 5.11 Å². The predicted octanol–water partition coefficient (Wildman–Crippen LogP) is 5.67. The lowest BCUT2D eigenvalue weighted by molar-refractivity contribution is 0.143. The van der Waals surface area contributed by atoms with E-state index in [-0.39, 0.29) is 5.92 Å². The number of hydrogen-bond acceptors (Lipinski definition) is 1. The monoisotopic (exact) mass is 340 g/mol. The number of rotatable bonds is 4. The minimum atomic E-state index is -1.75. The highest BCUT2D eigenvalue weighted by molar-refractivity contribution is 6.90. The van der Waals surface area contributed by atoms with E-state index in [9.17, 15) is 5.11 Å². The first-order valence-corrected chi connectivity index (χ1v) is 11.4. The first-order valence-electron chi connectivity index (χ1n) is 9.19. The standard InChI is InChI=1S/C22H32OSi/c1-15(2)24(16(3)4,17(5)6)13-12-18(7)21-14-19-10-8-9-11-20(19)22(21)23/h8-11,15-17,21-23H,7,14H2,1-6H3/t21-,22-/m1/s1. The molecule has 24 heavy (non-hydrogen) atoms. The van der Waals surface area contributed by atoms with Gasteiger partial charge in [0.1, 0.15) is 8.07 Å². The van der Waals surface area contributed by atoms with Crippen molar-refractivity contribution in [3.63, 3.8) is 0 Å². The van der Waals surface area contributed by atoms with Crippen molar-refractivity contribution < 1.29 is 5.11 Å². The highest BCUT2D eigenvalue weighted by atomic mass is 28.3. The summed E-state index contributed by atoms with van der Waals surface area (Å²) in [7, 11) is -1.75. The molecule has 1 aromatic carbocycles. The molecule has 0 aromatic heterocycles. The molecule has 0 aliphatic heterocycles. The van der Waals surface area contributed by atoms with Crippen LogP contribution in [0.3, 0.4) is 0 Å². The molecule has 0 amide bonds. The number of aliphatic hydroxyl groups is 1. The summed E-state index contributed by atoms with van der Waals surface area (Å²) in [5, 5.41) is 10.7. The highest BCUT2D eigenvalue weighted by Crippen LogP contribution is 2.42. The second kappa shape index (κ2) is 7.29. The van der Waals surface area contributed by atoms with Crippen LogP contribution in [0, 0.1) is 17.4 Å². The molecule has 2 atom stereocenters. The van der Waals surface area contributed by atoms with Crippen LogP contribution in [-0.4, -0.2) is 13.2 Å². The fourth-order valence-corrected chi connectivity index (χ4v) is 9.85. The summed E-state index contributed by atoms with van der Waals surface area (Å²) in [6.07, 6.45) is 0.390. The Morgan fingerprint density at radius 2 is 1.62 bits per heavy atom. The minimum absolute atomic E-state index is 0.0353. The first kappa shape index (κ1) is 19.0. The Morgan fingerprint density at radius 3 is 2.12 bits per heavy atom. The van der Waals surface area contributed by atoms with E-state index in [0.717, 1.165) is 17.6 Å². The second-order valence-electron chi connectivity index (χ2n) is 8.13. The van der Waals surface area contributed by atoms with E-state index in [1.165, 1.54) is 5.56 Å². The van der Waals surface area contributed by atoms with Crippen LogP contribution in [0.5, 0.6) is 0 Å². The van der Waals surface area contributed by atoms with Crippen LogP contribution in [0.25, 0.3) is 0 Å². The number of aliphatic hydroxyl groups excluding tert-OH is 1. The molecular weight excluding hydrogens is 308 g/mol. The van der Waals surface area contributed by atoms with Gasteiger partial charge in [0.05, 0.1) is 6.10 Å². The van der Waals surface area contributed by atoms with Crippen molar-refractivity contribution in [2.75, 3.05) is 0 Å². The van der Waals surface area contributed by atoms with Crippen LogP contribution in [0.1, 0.15) is 58.8 Å². The molecule has 0 unspecified atom stereocenters. The topological polar surface area (TPSA) is 20.2 Å². The molecule has 0 heterocycles. The molecule has 2 rings (SSSR count). The van der Waals surface area contributed by atoms with Crippen molar-refractivity contribution in [3.8, 4) is 11.5 Å². The number of hydrogen-bond donors (Lipinski definition) is 1. The first-order chi connectivity index (χ1) is 11.2. The fourth-order valence-electron chi connectivity index (χ4n) is 4.60. The van der Waals surface area contributed by atoms with Gasteiger partial charge in [-0.15, -0.1) is 5.54 Å². The minimum Gasteiger partial charge on any atom is -0.388 e. The third-order valence-electron chi connectivity index (χ3n) is 5.95. The van der Waals surface area contributed by atoms with Gasteiger partial charge in [-0.1, -0.05) is 78.3 Å². The molecule has 1 aromatic rings. The summed E-state index contributed by atoms with van der Waals surface area (Å²) >= 11 is 0. The third kappa shape index (κ3) is 3.25. The van der Waals surface area contributed by atoms with Crippen LogP contribution < -0.4 is 0 Å². The average Bonchev–Trinajstić information content (AvgIpc) is 2.84. The van der Waals surface area contributed by atoms with Gasteiger partial charge in [0.25, 0.3) is 0 Å². The molecule has 0 fully saturated rings. The maximum atomic E-state index is 10.7. The zero-order valence-corrected chi connectivity index (χ0v) is 17.1. The quantitative estimate of drug-likeness (QED) is 0.553. The van der Waals surface area contributed by atoms with Gasteiger partial charge in [0, 0.05) is 11.5 Å². The summed E-state index contributed by atoms with van der Waals surface area (Å²) < 4.78 is 0. The predicted molar refractivity (Wildman–Crippen MR) is 107 cm³/mol. The van der Waals surface area contributed by atoms with E-state index in [2.05, 4.69) is 65.7 Å². The van der Waals surface area contributed by atoms with Gasteiger partial charge in [-0.2, -0.15) is 0 Å². The zero-order chi connectivity index (χ0) is 18.1. The van der Waals surface area contributed by atoms with Gasteiger partial charge in [0.2, 0.25) is 0 Å². The molecule has 130 valence electrons. The van der Waals surface area contributed by atoms with E-state index in [4.69, 9.17) is 0 Å². The van der Waals surface area contributed by atoms with Crippen LogP contribution >= 0.6 is 0 Å². The lowest BCUT2D eigenvalue weighted by atomic mass is 9.96. The number of fused-ring (bicyclic) bond motifs is 1. The van der Waals surface area contributed by atoms with Crippen molar-refractivity contribution in [2.45, 2.75) is 70.7 Å². The van der Waals surface area contributed by atoms with E-state index in [0.29, 0.717) is 16.6 Å². The maximum absolute atomic E-state index is 10.7. The van der Waals surface area contributed by atoms with Gasteiger partial charge in [0.15, 0.2) is 0 Å². The van der Waals surface area contributed by atoms with Gasteiger partial charge >= 0.3 is 0 Å². The molecule has 0 saturated heterocycles. The van der Waals surface area contributed by atoms with Crippen LogP contribution in [0.15, 0.2) is 36.4 Å². The summed E-state index contributed by atoms with van der Waals surface area (Å²) in [6, 6.07) is 8.16. The van der Waals surface area contributed by atoms with Crippen LogP contribution in [0.4, 0.5) is 0 Å². The Morgan fingerprint density at radius 1 is 1.08 bits per heavy atom. The van der Waals surface area contributed by atoms with Gasteiger partial charge in [-0.25, -0.2) is 0 Å². The van der Waals surface area contributed by atoms with E-state index in [1.807, 2.05) is 18.2 Å². The maximum Gasteiger partial charge on any atom is 0.146 e. The number of benzene rings is 1. The lowest BCUT2D eigenvalue weighted by Crippen LogP contribution is -2.43. The van der Waals surface area contributed by atoms with Crippen molar-refractivity contribution >= 4 is 8.07 Å². The molecule has 1 aliphatic carbocycles. The Kier molecular flexibility index (Phi) is 5.78. The van der Waals surface area contributed by atoms with E-state index < -0.39 is 14.2 Å².